The van der Waals surface area contributed by atoms with Crippen molar-refractivity contribution in [3.63, 3.8) is 0 Å². The highest BCUT2D eigenvalue weighted by Crippen LogP contribution is 2.25. The van der Waals surface area contributed by atoms with Gasteiger partial charge < -0.3 is 10.5 Å². The molecule has 5 heteroatoms. The third kappa shape index (κ3) is 4.28. The van der Waals surface area contributed by atoms with E-state index in [2.05, 4.69) is 0 Å². The second kappa shape index (κ2) is 4.98. The van der Waals surface area contributed by atoms with Crippen molar-refractivity contribution < 1.29 is 17.9 Å². The summed E-state index contributed by atoms with van der Waals surface area (Å²) in [5.74, 6) is 0.103. The van der Waals surface area contributed by atoms with E-state index in [1.165, 1.54) is 0 Å². The summed E-state index contributed by atoms with van der Waals surface area (Å²) in [6.07, 6.45) is -3.07. The molecule has 0 radical (unpaired) electrons. The van der Waals surface area contributed by atoms with Crippen LogP contribution in [-0.4, -0.2) is 25.4 Å². The van der Waals surface area contributed by atoms with Crippen molar-refractivity contribution in [2.75, 3.05) is 13.2 Å². The highest BCUT2D eigenvalue weighted by molar-refractivity contribution is 4.76. The molecule has 0 aliphatic carbocycles. The van der Waals surface area contributed by atoms with Crippen molar-refractivity contribution in [1.82, 2.24) is 0 Å². The van der Waals surface area contributed by atoms with E-state index in [-0.39, 0.29) is 18.4 Å². The predicted octanol–water partition coefficient (Wildman–Crippen LogP) is 2.08. The minimum atomic E-state index is -4.09. The van der Waals surface area contributed by atoms with E-state index in [0.717, 1.165) is 12.8 Å². The van der Waals surface area contributed by atoms with E-state index in [1.807, 2.05) is 0 Å². The van der Waals surface area contributed by atoms with E-state index in [1.54, 1.807) is 0 Å². The Labute approximate surface area is 81.6 Å². The lowest BCUT2D eigenvalue weighted by atomic mass is 9.91. The van der Waals surface area contributed by atoms with Crippen LogP contribution in [0.25, 0.3) is 0 Å². The van der Waals surface area contributed by atoms with Crippen LogP contribution in [0.2, 0.25) is 0 Å². The fraction of sp³-hybridized carbons (Fsp3) is 1.00. The summed E-state index contributed by atoms with van der Waals surface area (Å²) in [4.78, 5) is 0. The first-order chi connectivity index (χ1) is 6.49. The van der Waals surface area contributed by atoms with Crippen LogP contribution in [0.5, 0.6) is 0 Å². The number of hydrogen-bond donors (Lipinski definition) is 1. The number of hydrogen-bond acceptors (Lipinski definition) is 2. The van der Waals surface area contributed by atoms with Gasteiger partial charge in [-0.15, -0.1) is 0 Å². The Kier molecular flexibility index (Phi) is 4.19. The van der Waals surface area contributed by atoms with Crippen LogP contribution in [0.4, 0.5) is 13.2 Å². The topological polar surface area (TPSA) is 35.2 Å². The third-order valence-electron chi connectivity index (χ3n) is 2.56. The van der Waals surface area contributed by atoms with Gasteiger partial charge in [0.15, 0.2) is 0 Å². The molecule has 0 amide bonds. The van der Waals surface area contributed by atoms with Crippen LogP contribution in [0, 0.1) is 5.92 Å². The molecule has 2 N–H and O–H groups in total. The predicted molar refractivity (Wildman–Crippen MR) is 46.8 cm³/mol. The molecule has 0 saturated carbocycles. The number of alkyl halides is 3. The van der Waals surface area contributed by atoms with E-state index in [9.17, 15) is 13.2 Å². The summed E-state index contributed by atoms with van der Waals surface area (Å²) < 4.78 is 40.9. The van der Waals surface area contributed by atoms with Crippen LogP contribution >= 0.6 is 0 Å². The molecule has 1 saturated heterocycles. The van der Waals surface area contributed by atoms with E-state index >= 15 is 0 Å². The van der Waals surface area contributed by atoms with Crippen LogP contribution < -0.4 is 5.73 Å². The molecule has 14 heavy (non-hydrogen) atoms. The van der Waals surface area contributed by atoms with Gasteiger partial charge in [-0.3, -0.25) is 0 Å². The summed E-state index contributed by atoms with van der Waals surface area (Å²) in [5, 5.41) is 0. The second-order valence-electron chi connectivity index (χ2n) is 3.79. The third-order valence-corrected chi connectivity index (χ3v) is 2.56. The first-order valence-electron chi connectivity index (χ1n) is 4.89. The van der Waals surface area contributed by atoms with Gasteiger partial charge in [0, 0.05) is 19.1 Å². The SMILES string of the molecule is NC(CCC(F)(F)F)C1CCCOC1. The number of rotatable bonds is 3. The highest BCUT2D eigenvalue weighted by Gasteiger charge is 2.30. The molecular weight excluding hydrogens is 195 g/mol. The van der Waals surface area contributed by atoms with Crippen molar-refractivity contribution in [3.05, 3.63) is 0 Å². The molecule has 0 bridgehead atoms. The van der Waals surface area contributed by atoms with Gasteiger partial charge in [-0.25, -0.2) is 0 Å². The lowest BCUT2D eigenvalue weighted by molar-refractivity contribution is -0.137. The summed E-state index contributed by atoms with van der Waals surface area (Å²) >= 11 is 0. The van der Waals surface area contributed by atoms with Gasteiger partial charge >= 0.3 is 6.18 Å². The van der Waals surface area contributed by atoms with Crippen molar-refractivity contribution in [1.29, 1.82) is 0 Å². The number of ether oxygens (including phenoxy) is 1. The Hall–Kier alpha value is -0.290. The fourth-order valence-electron chi connectivity index (χ4n) is 1.67. The van der Waals surface area contributed by atoms with Crippen LogP contribution in [-0.2, 0) is 4.74 Å². The van der Waals surface area contributed by atoms with Crippen molar-refractivity contribution in [3.8, 4) is 0 Å². The molecule has 0 aromatic heterocycles. The highest BCUT2D eigenvalue weighted by atomic mass is 19.4. The quantitative estimate of drug-likeness (QED) is 0.775. The zero-order chi connectivity index (χ0) is 10.6. The maximum absolute atomic E-state index is 11.9. The van der Waals surface area contributed by atoms with E-state index in [0.29, 0.717) is 13.2 Å². The molecule has 1 fully saturated rings. The molecule has 0 spiro atoms. The molecule has 1 aliphatic heterocycles. The van der Waals surface area contributed by atoms with Crippen molar-refractivity contribution in [2.24, 2.45) is 11.7 Å². The van der Waals surface area contributed by atoms with Gasteiger partial charge in [0.2, 0.25) is 0 Å². The molecule has 2 atom stereocenters. The van der Waals surface area contributed by atoms with Gasteiger partial charge in [0.25, 0.3) is 0 Å². The summed E-state index contributed by atoms with van der Waals surface area (Å²) in [6.45, 7) is 1.22. The number of nitrogens with two attached hydrogens (primary N) is 1. The summed E-state index contributed by atoms with van der Waals surface area (Å²) in [6, 6.07) is -0.378. The Bertz CT molecular complexity index is 166. The average Bonchev–Trinajstić information content (AvgIpc) is 2.14. The molecule has 0 aromatic rings. The molecular formula is C9H16F3NO. The van der Waals surface area contributed by atoms with Crippen LogP contribution in [0.3, 0.4) is 0 Å². The normalized spacial score (nSPS) is 26.1. The molecule has 2 unspecified atom stereocenters. The minimum Gasteiger partial charge on any atom is -0.381 e. The van der Waals surface area contributed by atoms with Gasteiger partial charge in [0.05, 0.1) is 6.61 Å². The van der Waals surface area contributed by atoms with E-state index < -0.39 is 12.6 Å². The average molecular weight is 211 g/mol. The molecule has 84 valence electrons. The summed E-state index contributed by atoms with van der Waals surface area (Å²) in [5.41, 5.74) is 5.68. The lowest BCUT2D eigenvalue weighted by Gasteiger charge is -2.27. The summed E-state index contributed by atoms with van der Waals surface area (Å²) in [7, 11) is 0. The van der Waals surface area contributed by atoms with Gasteiger partial charge in [-0.1, -0.05) is 0 Å². The molecule has 1 rings (SSSR count). The standard InChI is InChI=1S/C9H16F3NO/c10-9(11,12)4-3-8(13)7-2-1-5-14-6-7/h7-8H,1-6,13H2. The first-order valence-corrected chi connectivity index (χ1v) is 4.89. The Morgan fingerprint density at radius 2 is 2.14 bits per heavy atom. The molecule has 1 aliphatic rings. The minimum absolute atomic E-state index is 0.0114. The Morgan fingerprint density at radius 3 is 2.64 bits per heavy atom. The van der Waals surface area contributed by atoms with Gasteiger partial charge in [-0.05, 0) is 25.2 Å². The monoisotopic (exact) mass is 211 g/mol. The lowest BCUT2D eigenvalue weighted by Crippen LogP contribution is -2.36. The van der Waals surface area contributed by atoms with Gasteiger partial charge in [-0.2, -0.15) is 13.2 Å². The van der Waals surface area contributed by atoms with Crippen molar-refractivity contribution >= 4 is 0 Å². The first kappa shape index (κ1) is 11.8. The van der Waals surface area contributed by atoms with Crippen LogP contribution in [0.1, 0.15) is 25.7 Å². The van der Waals surface area contributed by atoms with Crippen molar-refractivity contribution in [2.45, 2.75) is 37.9 Å². The zero-order valence-electron chi connectivity index (χ0n) is 8.02. The maximum atomic E-state index is 11.9. The molecule has 0 aromatic carbocycles. The number of halogens is 3. The second-order valence-corrected chi connectivity index (χ2v) is 3.79. The Balaban J connectivity index is 2.23. The smallest absolute Gasteiger partial charge is 0.381 e. The van der Waals surface area contributed by atoms with Gasteiger partial charge in [0.1, 0.15) is 0 Å². The molecule has 1 heterocycles. The van der Waals surface area contributed by atoms with Crippen LogP contribution in [0.15, 0.2) is 0 Å². The zero-order valence-corrected chi connectivity index (χ0v) is 8.02. The maximum Gasteiger partial charge on any atom is 0.389 e. The Morgan fingerprint density at radius 1 is 1.43 bits per heavy atom. The van der Waals surface area contributed by atoms with E-state index in [4.69, 9.17) is 10.5 Å². The largest absolute Gasteiger partial charge is 0.389 e. The fourth-order valence-corrected chi connectivity index (χ4v) is 1.67. The molecule has 2 nitrogen and oxygen atoms in total.